The van der Waals surface area contributed by atoms with Crippen molar-refractivity contribution in [1.82, 2.24) is 29.9 Å². The summed E-state index contributed by atoms with van der Waals surface area (Å²) >= 11 is 0. The first-order valence-corrected chi connectivity index (χ1v) is 25.6. The molecule has 16 rings (SSSR count). The monoisotopic (exact) mass is 964 g/mol. The van der Waals surface area contributed by atoms with Crippen molar-refractivity contribution < 1.29 is 0 Å². The second-order valence-corrected chi connectivity index (χ2v) is 19.9. The molecule has 0 saturated carbocycles. The van der Waals surface area contributed by atoms with Crippen LogP contribution in [0.2, 0.25) is 0 Å². The van der Waals surface area contributed by atoms with E-state index in [9.17, 15) is 0 Å². The standard InChI is InChI=1S/C70H40N6/c1-3-13-59-51(7-1)35-53(39-71-59)61-37-63(55-31-27-47-21-19-43-9-5-11-45-29-33-57(55)67(47)65(43)45)75-69(73-61)49-23-15-41(16-24-49)42-17-25-50(26-18-42)70-74-62(54-36-52-8-2-4-14-60(52)72-40-54)38-64(76-70)56-32-28-48-22-20-44-10-6-12-46-30-34-58(56)68(48)66(44)46/h1-40H. The Balaban J connectivity index is 0.785. The molecule has 0 atom stereocenters. The first-order chi connectivity index (χ1) is 37.6. The molecule has 0 bridgehead atoms. The summed E-state index contributed by atoms with van der Waals surface area (Å²) < 4.78 is 0. The molecule has 0 aliphatic heterocycles. The van der Waals surface area contributed by atoms with Gasteiger partial charge < -0.3 is 0 Å². The molecule has 0 N–H and O–H groups in total. The number of fused-ring (bicyclic) bond motifs is 2. The van der Waals surface area contributed by atoms with E-state index in [1.54, 1.807) is 0 Å². The third-order valence-corrected chi connectivity index (χ3v) is 15.5. The molecular formula is C70H40N6. The molecule has 76 heavy (non-hydrogen) atoms. The number of para-hydroxylation sites is 2. The van der Waals surface area contributed by atoms with Gasteiger partial charge >= 0.3 is 0 Å². The van der Waals surface area contributed by atoms with Gasteiger partial charge in [-0.15, -0.1) is 0 Å². The summed E-state index contributed by atoms with van der Waals surface area (Å²) in [6.45, 7) is 0. The van der Waals surface area contributed by atoms with E-state index in [0.717, 1.165) is 89.1 Å². The Morgan fingerprint density at radius 3 is 1.00 bits per heavy atom. The molecule has 4 aromatic heterocycles. The fourth-order valence-electron chi connectivity index (χ4n) is 11.7. The Morgan fingerprint density at radius 2 is 0.566 bits per heavy atom. The van der Waals surface area contributed by atoms with Gasteiger partial charge in [0.15, 0.2) is 11.6 Å². The number of hydrogen-bond donors (Lipinski definition) is 0. The zero-order chi connectivity index (χ0) is 49.8. The van der Waals surface area contributed by atoms with Crippen molar-refractivity contribution in [3.05, 3.63) is 243 Å². The van der Waals surface area contributed by atoms with Crippen LogP contribution in [0.25, 0.3) is 165 Å². The maximum Gasteiger partial charge on any atom is 0.160 e. The number of rotatable bonds is 7. The molecule has 0 fully saturated rings. The summed E-state index contributed by atoms with van der Waals surface area (Å²) in [5, 5.41) is 16.9. The Kier molecular flexibility index (Phi) is 9.23. The average molecular weight is 965 g/mol. The normalized spacial score (nSPS) is 11.9. The van der Waals surface area contributed by atoms with Crippen molar-refractivity contribution >= 4 is 86.4 Å². The first kappa shape index (κ1) is 42.2. The molecule has 350 valence electrons. The van der Waals surface area contributed by atoms with Crippen molar-refractivity contribution in [3.8, 4) is 78.9 Å². The maximum absolute atomic E-state index is 5.35. The van der Waals surface area contributed by atoms with Gasteiger partial charge in [0.2, 0.25) is 0 Å². The number of nitrogens with zero attached hydrogens (tertiary/aromatic N) is 6. The first-order valence-electron chi connectivity index (χ1n) is 25.6. The quantitative estimate of drug-likeness (QED) is 0.148. The van der Waals surface area contributed by atoms with Crippen LogP contribution in [0.4, 0.5) is 0 Å². The second-order valence-electron chi connectivity index (χ2n) is 19.9. The van der Waals surface area contributed by atoms with Gasteiger partial charge in [-0.05, 0) is 112 Å². The summed E-state index contributed by atoms with van der Waals surface area (Å²) in [5.74, 6) is 1.29. The lowest BCUT2D eigenvalue weighted by molar-refractivity contribution is 1.18. The minimum absolute atomic E-state index is 0.646. The third kappa shape index (κ3) is 6.81. The average Bonchev–Trinajstić information content (AvgIpc) is 3.54. The fourth-order valence-corrected chi connectivity index (χ4v) is 11.7. The molecule has 0 spiro atoms. The van der Waals surface area contributed by atoms with E-state index in [1.807, 2.05) is 48.8 Å². The lowest BCUT2D eigenvalue weighted by Gasteiger charge is -2.15. The summed E-state index contributed by atoms with van der Waals surface area (Å²) in [4.78, 5) is 30.9. The number of benzene rings is 12. The van der Waals surface area contributed by atoms with E-state index in [2.05, 4.69) is 194 Å². The van der Waals surface area contributed by atoms with E-state index in [-0.39, 0.29) is 0 Å². The number of hydrogen-bond acceptors (Lipinski definition) is 6. The molecule has 0 unspecified atom stereocenters. The van der Waals surface area contributed by atoms with Crippen LogP contribution in [-0.4, -0.2) is 29.9 Å². The third-order valence-electron chi connectivity index (χ3n) is 15.5. The van der Waals surface area contributed by atoms with Crippen molar-refractivity contribution in [3.63, 3.8) is 0 Å². The van der Waals surface area contributed by atoms with Crippen LogP contribution in [0, 0.1) is 0 Å². The highest BCUT2D eigenvalue weighted by Crippen LogP contribution is 2.42. The van der Waals surface area contributed by atoms with E-state index in [0.29, 0.717) is 11.6 Å². The van der Waals surface area contributed by atoms with Gasteiger partial charge in [-0.3, -0.25) is 9.97 Å². The summed E-state index contributed by atoms with van der Waals surface area (Å²) in [7, 11) is 0. The van der Waals surface area contributed by atoms with Gasteiger partial charge in [-0.25, -0.2) is 19.9 Å². The molecule has 0 saturated heterocycles. The predicted octanol–water partition coefficient (Wildman–Crippen LogP) is 17.8. The van der Waals surface area contributed by atoms with Crippen LogP contribution in [0.5, 0.6) is 0 Å². The van der Waals surface area contributed by atoms with E-state index in [1.165, 1.54) is 64.6 Å². The van der Waals surface area contributed by atoms with Crippen LogP contribution in [0.15, 0.2) is 243 Å². The fraction of sp³-hybridized carbons (Fsp3) is 0. The predicted molar refractivity (Wildman–Crippen MR) is 314 cm³/mol. The summed E-state index contributed by atoms with van der Waals surface area (Å²) in [5.41, 5.74) is 13.2. The highest BCUT2D eigenvalue weighted by Gasteiger charge is 2.19. The number of pyridine rings is 2. The molecule has 6 nitrogen and oxygen atoms in total. The second kappa shape index (κ2) is 16.6. The van der Waals surface area contributed by atoms with Gasteiger partial charge in [0.05, 0.1) is 33.8 Å². The lowest BCUT2D eigenvalue weighted by atomic mass is 9.91. The molecule has 16 aromatic rings. The van der Waals surface area contributed by atoms with Gasteiger partial charge in [-0.2, -0.15) is 0 Å². The Bertz CT molecular complexity index is 4640. The highest BCUT2D eigenvalue weighted by atomic mass is 14.9. The van der Waals surface area contributed by atoms with E-state index < -0.39 is 0 Å². The minimum atomic E-state index is 0.646. The van der Waals surface area contributed by atoms with E-state index >= 15 is 0 Å². The van der Waals surface area contributed by atoms with Gasteiger partial charge in [0.1, 0.15) is 0 Å². The van der Waals surface area contributed by atoms with Gasteiger partial charge in [0.25, 0.3) is 0 Å². The number of aromatic nitrogens is 6. The molecule has 12 aromatic carbocycles. The molecule has 0 amide bonds. The topological polar surface area (TPSA) is 77.3 Å². The van der Waals surface area contributed by atoms with Crippen molar-refractivity contribution in [1.29, 1.82) is 0 Å². The SMILES string of the molecule is c1ccc2ncc(-c3cc(-c4ccc5ccc6cccc7ccc4c5c67)nc(-c4ccc(-c5ccc(-c6nc(-c7cnc8ccccc8c7)cc(-c7ccc8ccc9cccc%10ccc7c8c9%10)n6)cc5)cc4)n3)cc2c1. The largest absolute Gasteiger partial charge is 0.256 e. The van der Waals surface area contributed by atoms with Gasteiger partial charge in [0, 0.05) is 56.5 Å². The minimum Gasteiger partial charge on any atom is -0.256 e. The molecule has 0 aliphatic rings. The van der Waals surface area contributed by atoms with Crippen LogP contribution >= 0.6 is 0 Å². The summed E-state index contributed by atoms with van der Waals surface area (Å²) in [6, 6.07) is 81.9. The smallest absolute Gasteiger partial charge is 0.160 e. The zero-order valence-corrected chi connectivity index (χ0v) is 40.8. The van der Waals surface area contributed by atoms with Crippen LogP contribution < -0.4 is 0 Å². The van der Waals surface area contributed by atoms with Crippen LogP contribution in [0.1, 0.15) is 0 Å². The van der Waals surface area contributed by atoms with E-state index in [4.69, 9.17) is 29.9 Å². The lowest BCUT2D eigenvalue weighted by Crippen LogP contribution is -1.97. The Labute approximate surface area is 436 Å². The molecule has 6 heteroatoms. The van der Waals surface area contributed by atoms with Crippen molar-refractivity contribution in [2.45, 2.75) is 0 Å². The van der Waals surface area contributed by atoms with Crippen LogP contribution in [0.3, 0.4) is 0 Å². The Morgan fingerprint density at radius 1 is 0.224 bits per heavy atom. The molecule has 0 aliphatic carbocycles. The van der Waals surface area contributed by atoms with Crippen molar-refractivity contribution in [2.75, 3.05) is 0 Å². The van der Waals surface area contributed by atoms with Crippen molar-refractivity contribution in [2.24, 2.45) is 0 Å². The molecule has 0 radical (unpaired) electrons. The Hall–Kier alpha value is -10.3. The van der Waals surface area contributed by atoms with Gasteiger partial charge in [-0.1, -0.05) is 194 Å². The molecule has 4 heterocycles. The summed E-state index contributed by atoms with van der Waals surface area (Å²) in [6.07, 6.45) is 3.84. The van der Waals surface area contributed by atoms with Crippen LogP contribution in [-0.2, 0) is 0 Å². The highest BCUT2D eigenvalue weighted by molar-refractivity contribution is 6.26. The maximum atomic E-state index is 5.35. The molecular weight excluding hydrogens is 925 g/mol. The zero-order valence-electron chi connectivity index (χ0n) is 40.8.